The molecule has 1 aromatic heterocycles. The standard InChI is InChI=1S/C13H16F3N3/c1-3-8(2)7-19-11-5-4-9(13(14,15)16)6-10(11)18-12(19)17/h4-6,8H,3,7H2,1-2H3,(H2,17,18). The fraction of sp³-hybridized carbons (Fsp3) is 0.462. The third-order valence-electron chi connectivity index (χ3n) is 3.30. The van der Waals surface area contributed by atoms with E-state index in [-0.39, 0.29) is 11.5 Å². The number of nitrogens with two attached hydrogens (primary N) is 1. The van der Waals surface area contributed by atoms with Crippen molar-refractivity contribution in [2.75, 3.05) is 5.73 Å². The highest BCUT2D eigenvalue weighted by Gasteiger charge is 2.31. The number of anilines is 1. The van der Waals surface area contributed by atoms with Gasteiger partial charge in [-0.2, -0.15) is 13.2 Å². The second kappa shape index (κ2) is 4.75. The van der Waals surface area contributed by atoms with E-state index in [1.165, 1.54) is 6.07 Å². The molecule has 2 N–H and O–H groups in total. The molecule has 0 spiro atoms. The van der Waals surface area contributed by atoms with Gasteiger partial charge in [0.25, 0.3) is 0 Å². The lowest BCUT2D eigenvalue weighted by atomic mass is 10.1. The predicted octanol–water partition coefficient (Wildman–Crippen LogP) is 3.68. The monoisotopic (exact) mass is 271 g/mol. The molecule has 1 unspecified atom stereocenters. The van der Waals surface area contributed by atoms with Crippen molar-refractivity contribution in [3.63, 3.8) is 0 Å². The number of nitrogens with zero attached hydrogens (tertiary/aromatic N) is 2. The first-order valence-electron chi connectivity index (χ1n) is 6.16. The topological polar surface area (TPSA) is 43.8 Å². The molecule has 6 heteroatoms. The molecule has 2 aromatic rings. The van der Waals surface area contributed by atoms with E-state index in [0.717, 1.165) is 18.6 Å². The number of halogens is 3. The van der Waals surface area contributed by atoms with Crippen molar-refractivity contribution >= 4 is 17.0 Å². The average Bonchev–Trinajstić information content (AvgIpc) is 2.64. The summed E-state index contributed by atoms with van der Waals surface area (Å²) in [5.41, 5.74) is 6.02. The van der Waals surface area contributed by atoms with Crippen LogP contribution >= 0.6 is 0 Å². The Labute approximate surface area is 109 Å². The molecule has 0 saturated carbocycles. The van der Waals surface area contributed by atoms with Crippen LogP contribution in [0.1, 0.15) is 25.8 Å². The fourth-order valence-electron chi connectivity index (χ4n) is 1.96. The summed E-state index contributed by atoms with van der Waals surface area (Å²) in [4.78, 5) is 4.02. The number of hydrogen-bond acceptors (Lipinski definition) is 2. The van der Waals surface area contributed by atoms with Gasteiger partial charge in [-0.15, -0.1) is 0 Å². The largest absolute Gasteiger partial charge is 0.416 e. The van der Waals surface area contributed by atoms with Crippen molar-refractivity contribution < 1.29 is 13.2 Å². The number of hydrogen-bond donors (Lipinski definition) is 1. The van der Waals surface area contributed by atoms with Crippen molar-refractivity contribution in [2.24, 2.45) is 5.92 Å². The Kier molecular flexibility index (Phi) is 3.43. The van der Waals surface area contributed by atoms with Crippen LogP contribution in [0.3, 0.4) is 0 Å². The molecule has 1 atom stereocenters. The number of fused-ring (bicyclic) bond motifs is 1. The van der Waals surface area contributed by atoms with Gasteiger partial charge >= 0.3 is 6.18 Å². The highest BCUT2D eigenvalue weighted by atomic mass is 19.4. The van der Waals surface area contributed by atoms with Crippen LogP contribution in [0.4, 0.5) is 19.1 Å². The van der Waals surface area contributed by atoms with Crippen LogP contribution in [0.2, 0.25) is 0 Å². The number of benzene rings is 1. The van der Waals surface area contributed by atoms with Crippen LogP contribution < -0.4 is 5.73 Å². The molecule has 0 radical (unpaired) electrons. The normalized spacial score (nSPS) is 13.9. The summed E-state index contributed by atoms with van der Waals surface area (Å²) < 4.78 is 39.6. The highest BCUT2D eigenvalue weighted by Crippen LogP contribution is 2.32. The van der Waals surface area contributed by atoms with Gasteiger partial charge < -0.3 is 10.3 Å². The van der Waals surface area contributed by atoms with E-state index in [1.807, 2.05) is 0 Å². The summed E-state index contributed by atoms with van der Waals surface area (Å²) in [5.74, 6) is 0.650. The summed E-state index contributed by atoms with van der Waals surface area (Å²) in [6.07, 6.45) is -3.39. The minimum atomic E-state index is -4.36. The Hall–Kier alpha value is -1.72. The zero-order chi connectivity index (χ0) is 14.2. The predicted molar refractivity (Wildman–Crippen MR) is 68.6 cm³/mol. The molecule has 0 aliphatic carbocycles. The van der Waals surface area contributed by atoms with Gasteiger partial charge in [0.05, 0.1) is 16.6 Å². The van der Waals surface area contributed by atoms with Crippen LogP contribution in [-0.2, 0) is 12.7 Å². The van der Waals surface area contributed by atoms with Crippen LogP contribution in [0.25, 0.3) is 11.0 Å². The molecule has 0 aliphatic heterocycles. The van der Waals surface area contributed by atoms with Gasteiger partial charge in [-0.25, -0.2) is 4.98 Å². The minimum absolute atomic E-state index is 0.259. The second-order valence-electron chi connectivity index (χ2n) is 4.80. The highest BCUT2D eigenvalue weighted by molar-refractivity contribution is 5.79. The number of aromatic nitrogens is 2. The number of imidazole rings is 1. The summed E-state index contributed by atoms with van der Waals surface area (Å²) in [6.45, 7) is 4.78. The zero-order valence-electron chi connectivity index (χ0n) is 10.8. The van der Waals surface area contributed by atoms with Gasteiger partial charge in [0, 0.05) is 6.54 Å². The third-order valence-corrected chi connectivity index (χ3v) is 3.30. The van der Waals surface area contributed by atoms with Crippen molar-refractivity contribution in [3.05, 3.63) is 23.8 Å². The maximum Gasteiger partial charge on any atom is 0.416 e. The van der Waals surface area contributed by atoms with Gasteiger partial charge in [-0.05, 0) is 24.1 Å². The van der Waals surface area contributed by atoms with Gasteiger partial charge in [-0.3, -0.25) is 0 Å². The van der Waals surface area contributed by atoms with E-state index in [1.54, 1.807) is 4.57 Å². The molecule has 0 saturated heterocycles. The smallest absolute Gasteiger partial charge is 0.369 e. The van der Waals surface area contributed by atoms with Crippen LogP contribution in [0, 0.1) is 5.92 Å². The molecule has 104 valence electrons. The summed E-state index contributed by atoms with van der Waals surface area (Å²) in [7, 11) is 0. The lowest BCUT2D eigenvalue weighted by Crippen LogP contribution is -2.09. The molecule has 19 heavy (non-hydrogen) atoms. The maximum atomic E-state index is 12.6. The number of alkyl halides is 3. The summed E-state index contributed by atoms with van der Waals surface area (Å²) in [5, 5.41) is 0. The number of rotatable bonds is 3. The molecule has 0 fully saturated rings. The van der Waals surface area contributed by atoms with E-state index in [0.29, 0.717) is 18.0 Å². The summed E-state index contributed by atoms with van der Waals surface area (Å²) in [6, 6.07) is 3.54. The third kappa shape index (κ3) is 2.67. The first-order chi connectivity index (χ1) is 8.82. The number of nitrogen functional groups attached to an aromatic ring is 1. The van der Waals surface area contributed by atoms with Gasteiger partial charge in [0.2, 0.25) is 5.95 Å². The van der Waals surface area contributed by atoms with Gasteiger partial charge in [0.1, 0.15) is 0 Å². The summed E-state index contributed by atoms with van der Waals surface area (Å²) >= 11 is 0. The Morgan fingerprint density at radius 1 is 1.37 bits per heavy atom. The Balaban J connectivity index is 2.48. The molecule has 1 heterocycles. The first kappa shape index (κ1) is 13.7. The van der Waals surface area contributed by atoms with Gasteiger partial charge in [0.15, 0.2) is 0 Å². The van der Waals surface area contributed by atoms with E-state index < -0.39 is 11.7 Å². The average molecular weight is 271 g/mol. The molecular formula is C13H16F3N3. The molecule has 1 aromatic carbocycles. The van der Waals surface area contributed by atoms with E-state index in [9.17, 15) is 13.2 Å². The molecule has 0 aliphatic rings. The lowest BCUT2D eigenvalue weighted by Gasteiger charge is -2.12. The van der Waals surface area contributed by atoms with Crippen LogP contribution in [0.5, 0.6) is 0 Å². The lowest BCUT2D eigenvalue weighted by molar-refractivity contribution is -0.137. The van der Waals surface area contributed by atoms with Crippen LogP contribution in [0.15, 0.2) is 18.2 Å². The van der Waals surface area contributed by atoms with Crippen molar-refractivity contribution in [1.82, 2.24) is 9.55 Å². The minimum Gasteiger partial charge on any atom is -0.369 e. The quantitative estimate of drug-likeness (QED) is 0.925. The fourth-order valence-corrected chi connectivity index (χ4v) is 1.96. The van der Waals surface area contributed by atoms with Crippen molar-refractivity contribution in [1.29, 1.82) is 0 Å². The molecule has 3 nitrogen and oxygen atoms in total. The maximum absolute atomic E-state index is 12.6. The first-order valence-corrected chi connectivity index (χ1v) is 6.16. The molecule has 2 rings (SSSR count). The molecule has 0 bridgehead atoms. The Bertz CT molecular complexity index is 587. The van der Waals surface area contributed by atoms with Gasteiger partial charge in [-0.1, -0.05) is 20.3 Å². The van der Waals surface area contributed by atoms with E-state index in [2.05, 4.69) is 18.8 Å². The zero-order valence-corrected chi connectivity index (χ0v) is 10.8. The molecule has 0 amide bonds. The van der Waals surface area contributed by atoms with E-state index in [4.69, 9.17) is 5.73 Å². The molecular weight excluding hydrogens is 255 g/mol. The SMILES string of the molecule is CCC(C)Cn1c(N)nc2cc(C(F)(F)F)ccc21. The Morgan fingerprint density at radius 2 is 2.05 bits per heavy atom. The second-order valence-corrected chi connectivity index (χ2v) is 4.80. The van der Waals surface area contributed by atoms with Crippen molar-refractivity contribution in [3.8, 4) is 0 Å². The van der Waals surface area contributed by atoms with Crippen LogP contribution in [-0.4, -0.2) is 9.55 Å². The van der Waals surface area contributed by atoms with Crippen molar-refractivity contribution in [2.45, 2.75) is 33.0 Å². The van der Waals surface area contributed by atoms with E-state index >= 15 is 0 Å². The Morgan fingerprint density at radius 3 is 2.63 bits per heavy atom.